The molecule has 1 unspecified atom stereocenters. The number of methoxy groups -OCH3 is 1. The molecule has 1 atom stereocenters. The first kappa shape index (κ1) is 20.8. The summed E-state index contributed by atoms with van der Waals surface area (Å²) in [5, 5.41) is 0. The predicted molar refractivity (Wildman–Crippen MR) is 113 cm³/mol. The summed E-state index contributed by atoms with van der Waals surface area (Å²) in [6.45, 7) is 3.13. The normalized spacial score (nSPS) is 24.2. The summed E-state index contributed by atoms with van der Waals surface area (Å²) in [4.78, 5) is 44.0. The quantitative estimate of drug-likeness (QED) is 0.709. The summed E-state index contributed by atoms with van der Waals surface area (Å²) < 4.78 is 5.15. The Morgan fingerprint density at radius 3 is 2.17 bits per heavy atom. The highest BCUT2D eigenvalue weighted by atomic mass is 16.5. The largest absolute Gasteiger partial charge is 0.497 e. The summed E-state index contributed by atoms with van der Waals surface area (Å²) in [6.07, 6.45) is 6.35. The minimum Gasteiger partial charge on any atom is -0.497 e. The van der Waals surface area contributed by atoms with Gasteiger partial charge in [0, 0.05) is 19.0 Å². The maximum absolute atomic E-state index is 13.0. The van der Waals surface area contributed by atoms with Gasteiger partial charge in [0.05, 0.1) is 25.3 Å². The zero-order valence-electron chi connectivity index (χ0n) is 17.7. The molecule has 0 spiro atoms. The Kier molecular flexibility index (Phi) is 6.37. The molecule has 3 amide bonds. The first-order chi connectivity index (χ1) is 14.6. The maximum atomic E-state index is 13.0. The lowest BCUT2D eigenvalue weighted by atomic mass is 9.94. The van der Waals surface area contributed by atoms with Crippen molar-refractivity contribution in [2.45, 2.75) is 51.0 Å². The molecule has 3 saturated heterocycles. The van der Waals surface area contributed by atoms with E-state index in [0.717, 1.165) is 38.8 Å². The van der Waals surface area contributed by atoms with Crippen LogP contribution in [0.15, 0.2) is 24.3 Å². The number of likely N-dealkylation sites (tertiary alicyclic amines) is 2. The summed E-state index contributed by atoms with van der Waals surface area (Å²) >= 11 is 0. The zero-order chi connectivity index (χ0) is 21.1. The van der Waals surface area contributed by atoms with Crippen molar-refractivity contribution >= 4 is 23.4 Å². The summed E-state index contributed by atoms with van der Waals surface area (Å²) in [5.74, 6) is 0.681. The topological polar surface area (TPSA) is 70.2 Å². The number of rotatable bonds is 4. The third-order valence-electron chi connectivity index (χ3n) is 6.69. The second-order valence-corrected chi connectivity index (χ2v) is 8.54. The number of piperidine rings is 1. The van der Waals surface area contributed by atoms with Crippen LogP contribution in [-0.2, 0) is 14.4 Å². The molecule has 3 heterocycles. The lowest BCUT2D eigenvalue weighted by Crippen LogP contribution is -2.48. The molecule has 3 aliphatic rings. The van der Waals surface area contributed by atoms with Gasteiger partial charge in [0.2, 0.25) is 11.8 Å². The van der Waals surface area contributed by atoms with E-state index in [1.54, 1.807) is 31.4 Å². The van der Waals surface area contributed by atoms with E-state index < -0.39 is 6.04 Å². The first-order valence-corrected chi connectivity index (χ1v) is 11.1. The van der Waals surface area contributed by atoms with E-state index in [2.05, 4.69) is 4.90 Å². The average molecular weight is 414 g/mol. The van der Waals surface area contributed by atoms with E-state index in [-0.39, 0.29) is 30.1 Å². The van der Waals surface area contributed by atoms with Crippen LogP contribution in [0.25, 0.3) is 0 Å². The van der Waals surface area contributed by atoms with Crippen LogP contribution in [0.2, 0.25) is 0 Å². The molecule has 0 saturated carbocycles. The fourth-order valence-corrected chi connectivity index (χ4v) is 4.91. The molecule has 0 aromatic heterocycles. The molecule has 1 aromatic carbocycles. The number of hydrogen-bond acceptors (Lipinski definition) is 5. The van der Waals surface area contributed by atoms with Crippen molar-refractivity contribution in [2.24, 2.45) is 5.92 Å². The van der Waals surface area contributed by atoms with E-state index in [1.165, 1.54) is 17.7 Å². The SMILES string of the molecule is COc1ccc(N2C(=O)CC(N3CCC(C(=O)N4CCCCCC4)CC3)C2=O)cc1. The van der Waals surface area contributed by atoms with Gasteiger partial charge in [0.25, 0.3) is 5.91 Å². The third-order valence-corrected chi connectivity index (χ3v) is 6.69. The highest BCUT2D eigenvalue weighted by Gasteiger charge is 2.44. The molecule has 3 aliphatic heterocycles. The third kappa shape index (κ3) is 4.21. The second kappa shape index (κ2) is 9.16. The van der Waals surface area contributed by atoms with E-state index in [0.29, 0.717) is 24.5 Å². The Hall–Kier alpha value is -2.41. The van der Waals surface area contributed by atoms with Gasteiger partial charge in [0.1, 0.15) is 5.75 Å². The minimum absolute atomic E-state index is 0.0456. The molecule has 0 radical (unpaired) electrons. The lowest BCUT2D eigenvalue weighted by Gasteiger charge is -2.36. The summed E-state index contributed by atoms with van der Waals surface area (Å²) in [6, 6.07) is 6.56. The van der Waals surface area contributed by atoms with Crippen LogP contribution in [0.5, 0.6) is 5.75 Å². The zero-order valence-corrected chi connectivity index (χ0v) is 17.7. The van der Waals surface area contributed by atoms with Crippen LogP contribution in [0, 0.1) is 5.92 Å². The van der Waals surface area contributed by atoms with Crippen molar-refractivity contribution < 1.29 is 19.1 Å². The van der Waals surface area contributed by atoms with Gasteiger partial charge < -0.3 is 9.64 Å². The molecule has 30 heavy (non-hydrogen) atoms. The number of hydrogen-bond donors (Lipinski definition) is 0. The first-order valence-electron chi connectivity index (χ1n) is 11.1. The number of amides is 3. The van der Waals surface area contributed by atoms with Gasteiger partial charge in [-0.05, 0) is 63.0 Å². The molecule has 7 heteroatoms. The monoisotopic (exact) mass is 413 g/mol. The minimum atomic E-state index is -0.422. The summed E-state index contributed by atoms with van der Waals surface area (Å²) in [7, 11) is 1.58. The van der Waals surface area contributed by atoms with E-state index in [4.69, 9.17) is 4.74 Å². The number of nitrogens with zero attached hydrogens (tertiary/aromatic N) is 3. The van der Waals surface area contributed by atoms with Gasteiger partial charge in [-0.3, -0.25) is 19.3 Å². The van der Waals surface area contributed by atoms with Crippen molar-refractivity contribution in [1.82, 2.24) is 9.80 Å². The number of ether oxygens (including phenoxy) is 1. The van der Waals surface area contributed by atoms with Crippen LogP contribution in [0.1, 0.15) is 44.9 Å². The lowest BCUT2D eigenvalue weighted by molar-refractivity contribution is -0.137. The van der Waals surface area contributed by atoms with Gasteiger partial charge in [-0.15, -0.1) is 0 Å². The highest BCUT2D eigenvalue weighted by molar-refractivity contribution is 6.22. The molecule has 7 nitrogen and oxygen atoms in total. The molecule has 0 bridgehead atoms. The van der Waals surface area contributed by atoms with Crippen molar-refractivity contribution in [1.29, 1.82) is 0 Å². The van der Waals surface area contributed by atoms with Crippen molar-refractivity contribution in [2.75, 3.05) is 38.2 Å². The van der Waals surface area contributed by atoms with Gasteiger partial charge in [0.15, 0.2) is 0 Å². The van der Waals surface area contributed by atoms with Crippen LogP contribution in [-0.4, -0.2) is 66.9 Å². The number of imide groups is 1. The Bertz CT molecular complexity index is 778. The van der Waals surface area contributed by atoms with Gasteiger partial charge >= 0.3 is 0 Å². The van der Waals surface area contributed by atoms with Gasteiger partial charge in [-0.2, -0.15) is 0 Å². The van der Waals surface area contributed by atoms with Crippen LogP contribution < -0.4 is 9.64 Å². The fourth-order valence-electron chi connectivity index (χ4n) is 4.91. The molecule has 3 fully saturated rings. The molecular weight excluding hydrogens is 382 g/mol. The van der Waals surface area contributed by atoms with E-state index >= 15 is 0 Å². The standard InChI is InChI=1S/C23H31N3O4/c1-30-19-8-6-18(7-9-19)26-21(27)16-20(23(26)29)24-14-10-17(11-15-24)22(28)25-12-4-2-3-5-13-25/h6-9,17,20H,2-5,10-16H2,1H3. The number of carbonyl (C=O) groups is 3. The second-order valence-electron chi connectivity index (χ2n) is 8.54. The Morgan fingerprint density at radius 1 is 0.933 bits per heavy atom. The van der Waals surface area contributed by atoms with E-state index in [9.17, 15) is 14.4 Å². The average Bonchev–Trinajstić information content (AvgIpc) is 2.94. The smallest absolute Gasteiger partial charge is 0.251 e. The van der Waals surface area contributed by atoms with Crippen molar-refractivity contribution in [3.05, 3.63) is 24.3 Å². The van der Waals surface area contributed by atoms with Crippen LogP contribution in [0.3, 0.4) is 0 Å². The Labute approximate surface area is 177 Å². The Morgan fingerprint density at radius 2 is 1.57 bits per heavy atom. The van der Waals surface area contributed by atoms with Crippen molar-refractivity contribution in [3.63, 3.8) is 0 Å². The summed E-state index contributed by atoms with van der Waals surface area (Å²) in [5.41, 5.74) is 0.583. The number of carbonyl (C=O) groups excluding carboxylic acids is 3. The molecule has 4 rings (SSSR count). The number of anilines is 1. The highest BCUT2D eigenvalue weighted by Crippen LogP contribution is 2.30. The fraction of sp³-hybridized carbons (Fsp3) is 0.609. The van der Waals surface area contributed by atoms with Crippen molar-refractivity contribution in [3.8, 4) is 5.75 Å². The Balaban J connectivity index is 1.36. The number of benzene rings is 1. The molecule has 162 valence electrons. The maximum Gasteiger partial charge on any atom is 0.251 e. The molecular formula is C23H31N3O4. The van der Waals surface area contributed by atoms with Crippen LogP contribution >= 0.6 is 0 Å². The van der Waals surface area contributed by atoms with E-state index in [1.807, 2.05) is 4.90 Å². The molecule has 0 aliphatic carbocycles. The molecule has 0 N–H and O–H groups in total. The predicted octanol–water partition coefficient (Wildman–Crippen LogP) is 2.44. The van der Waals surface area contributed by atoms with Gasteiger partial charge in [-0.25, -0.2) is 4.90 Å². The molecule has 1 aromatic rings. The van der Waals surface area contributed by atoms with Crippen LogP contribution in [0.4, 0.5) is 5.69 Å². The van der Waals surface area contributed by atoms with Gasteiger partial charge in [-0.1, -0.05) is 12.8 Å².